The highest BCUT2D eigenvalue weighted by molar-refractivity contribution is 6.03. The van der Waals surface area contributed by atoms with Crippen molar-refractivity contribution >= 4 is 12.0 Å². The molecule has 0 saturated heterocycles. The average molecular weight is 267 g/mol. The predicted molar refractivity (Wildman–Crippen MR) is 79.4 cm³/mol. The molecule has 0 amide bonds. The third-order valence-electron chi connectivity index (χ3n) is 4.38. The van der Waals surface area contributed by atoms with Crippen LogP contribution in [0.5, 0.6) is 0 Å². The van der Waals surface area contributed by atoms with E-state index in [1.54, 1.807) is 30.6 Å². The van der Waals surface area contributed by atoms with Gasteiger partial charge in [0.25, 0.3) is 0 Å². The van der Waals surface area contributed by atoms with Gasteiger partial charge in [0, 0.05) is 12.4 Å². The van der Waals surface area contributed by atoms with Crippen molar-refractivity contribution in [1.29, 1.82) is 0 Å². The lowest BCUT2D eigenvalue weighted by molar-refractivity contribution is -0.110. The minimum absolute atomic E-state index is 0.0596. The Kier molecular flexibility index (Phi) is 2.94. The lowest BCUT2D eigenvalue weighted by Gasteiger charge is -2.49. The van der Waals surface area contributed by atoms with Gasteiger partial charge in [-0.3, -0.25) is 9.79 Å². The lowest BCUT2D eigenvalue weighted by atomic mass is 9.57. The van der Waals surface area contributed by atoms with Crippen molar-refractivity contribution in [2.75, 3.05) is 0 Å². The zero-order valence-electron chi connectivity index (χ0n) is 11.2. The maximum atomic E-state index is 11.9. The Labute approximate surface area is 118 Å². The van der Waals surface area contributed by atoms with Crippen LogP contribution in [0.4, 0.5) is 0 Å². The van der Waals surface area contributed by atoms with Gasteiger partial charge in [0.1, 0.15) is 0 Å². The molecule has 102 valence electrons. The van der Waals surface area contributed by atoms with Crippen LogP contribution in [0.15, 0.2) is 65.4 Å². The number of aliphatic imine (C=N–C) groups is 1. The lowest BCUT2D eigenvalue weighted by Crippen LogP contribution is -2.53. The zero-order chi connectivity index (χ0) is 14.2. The molecule has 2 atom stereocenters. The van der Waals surface area contributed by atoms with Crippen LogP contribution in [-0.4, -0.2) is 22.7 Å². The van der Waals surface area contributed by atoms with Crippen LogP contribution in [0.3, 0.4) is 0 Å². The van der Waals surface area contributed by atoms with Crippen molar-refractivity contribution in [3.63, 3.8) is 0 Å². The molecule has 0 aromatic carbocycles. The van der Waals surface area contributed by atoms with Crippen molar-refractivity contribution in [3.05, 3.63) is 60.4 Å². The summed E-state index contributed by atoms with van der Waals surface area (Å²) in [6.07, 6.45) is 15.9. The first-order valence-corrected chi connectivity index (χ1v) is 6.81. The molecule has 0 aromatic rings. The maximum absolute atomic E-state index is 11.9. The van der Waals surface area contributed by atoms with E-state index < -0.39 is 11.0 Å². The van der Waals surface area contributed by atoms with E-state index in [0.717, 1.165) is 17.6 Å². The van der Waals surface area contributed by atoms with E-state index in [0.29, 0.717) is 12.8 Å². The Balaban J connectivity index is 2.29. The summed E-state index contributed by atoms with van der Waals surface area (Å²) < 4.78 is 0. The number of hydrogen-bond donors (Lipinski definition) is 1. The van der Waals surface area contributed by atoms with Crippen LogP contribution in [0, 0.1) is 5.41 Å². The highest BCUT2D eigenvalue weighted by Crippen LogP contribution is 2.53. The summed E-state index contributed by atoms with van der Waals surface area (Å²) in [5.74, 6) is -0.0596. The molecule has 1 heterocycles. The number of carbonyl (C=O) groups excluding carboxylic acids is 1. The predicted octanol–water partition coefficient (Wildman–Crippen LogP) is 2.66. The zero-order valence-corrected chi connectivity index (χ0v) is 11.2. The van der Waals surface area contributed by atoms with Crippen LogP contribution in [0.1, 0.15) is 19.3 Å². The van der Waals surface area contributed by atoms with Crippen molar-refractivity contribution in [1.82, 2.24) is 0 Å². The fourth-order valence-electron chi connectivity index (χ4n) is 3.44. The summed E-state index contributed by atoms with van der Waals surface area (Å²) in [5.41, 5.74) is 0.0150. The number of aliphatic hydroxyl groups is 1. The van der Waals surface area contributed by atoms with E-state index >= 15 is 0 Å². The van der Waals surface area contributed by atoms with Crippen molar-refractivity contribution in [2.24, 2.45) is 10.4 Å². The summed E-state index contributed by atoms with van der Waals surface area (Å²) in [4.78, 5) is 16.1. The molecular weight excluding hydrogens is 250 g/mol. The van der Waals surface area contributed by atoms with Gasteiger partial charge >= 0.3 is 0 Å². The average Bonchev–Trinajstić information content (AvgIpc) is 2.57. The number of ketones is 1. The first kappa shape index (κ1) is 13.0. The fourth-order valence-corrected chi connectivity index (χ4v) is 3.44. The summed E-state index contributed by atoms with van der Waals surface area (Å²) in [6.45, 7) is 3.76. The number of nitrogens with zero attached hydrogens (tertiary/aromatic N) is 1. The Morgan fingerprint density at radius 3 is 3.00 bits per heavy atom. The highest BCUT2D eigenvalue weighted by Gasteiger charge is 2.54. The number of hydrogen-bond acceptors (Lipinski definition) is 3. The van der Waals surface area contributed by atoms with Gasteiger partial charge in [0.15, 0.2) is 5.78 Å². The van der Waals surface area contributed by atoms with Crippen LogP contribution < -0.4 is 0 Å². The second-order valence-corrected chi connectivity index (χ2v) is 5.46. The molecule has 3 rings (SSSR count). The van der Waals surface area contributed by atoms with Gasteiger partial charge in [-0.05, 0) is 48.6 Å². The van der Waals surface area contributed by atoms with Crippen LogP contribution in [0.25, 0.3) is 0 Å². The molecule has 0 radical (unpaired) electrons. The van der Waals surface area contributed by atoms with Crippen LogP contribution in [-0.2, 0) is 4.79 Å². The van der Waals surface area contributed by atoms with E-state index in [-0.39, 0.29) is 5.78 Å². The van der Waals surface area contributed by atoms with E-state index in [1.807, 2.05) is 12.2 Å². The molecule has 2 aliphatic carbocycles. The molecule has 0 fully saturated rings. The minimum atomic E-state index is -0.992. The maximum Gasteiger partial charge on any atom is 0.178 e. The Morgan fingerprint density at radius 1 is 1.35 bits per heavy atom. The third-order valence-corrected chi connectivity index (χ3v) is 4.38. The molecule has 1 aliphatic heterocycles. The van der Waals surface area contributed by atoms with Crippen molar-refractivity contribution in [3.8, 4) is 0 Å². The Bertz CT molecular complexity index is 621. The molecule has 3 nitrogen and oxygen atoms in total. The molecule has 1 spiro atoms. The monoisotopic (exact) mass is 267 g/mol. The second-order valence-electron chi connectivity index (χ2n) is 5.46. The smallest absolute Gasteiger partial charge is 0.178 e. The molecule has 0 aromatic heterocycles. The quantitative estimate of drug-likeness (QED) is 0.782. The Morgan fingerprint density at radius 2 is 2.20 bits per heavy atom. The van der Waals surface area contributed by atoms with Crippen molar-refractivity contribution < 1.29 is 9.90 Å². The second kappa shape index (κ2) is 4.53. The highest BCUT2D eigenvalue weighted by atomic mass is 16.3. The topological polar surface area (TPSA) is 49.7 Å². The summed E-state index contributed by atoms with van der Waals surface area (Å²) in [5, 5.41) is 11.2. The summed E-state index contributed by atoms with van der Waals surface area (Å²) in [6, 6.07) is 0. The Hall–Kier alpha value is -2.00. The van der Waals surface area contributed by atoms with Gasteiger partial charge in [0.05, 0.1) is 11.0 Å². The van der Waals surface area contributed by atoms with E-state index in [1.165, 1.54) is 0 Å². The van der Waals surface area contributed by atoms with Gasteiger partial charge in [0.2, 0.25) is 0 Å². The van der Waals surface area contributed by atoms with E-state index in [4.69, 9.17) is 0 Å². The third kappa shape index (κ3) is 1.63. The molecule has 1 N–H and O–H groups in total. The summed E-state index contributed by atoms with van der Waals surface area (Å²) >= 11 is 0. The summed E-state index contributed by atoms with van der Waals surface area (Å²) in [7, 11) is 0. The first-order valence-electron chi connectivity index (χ1n) is 6.81. The standard InChI is InChI=1S/C17H17NO2/c1-2-8-16(20)9-3-4-13-5-6-15(19)11-14-7-10-18-12-17(13,14)16/h2,4-7,10-12,20H,1,3,8-9H2. The van der Waals surface area contributed by atoms with Crippen LogP contribution in [0.2, 0.25) is 0 Å². The minimum Gasteiger partial charge on any atom is -0.388 e. The van der Waals surface area contributed by atoms with E-state index in [2.05, 4.69) is 17.6 Å². The van der Waals surface area contributed by atoms with Gasteiger partial charge in [-0.2, -0.15) is 0 Å². The normalized spacial score (nSPS) is 34.8. The molecule has 3 heteroatoms. The van der Waals surface area contributed by atoms with Crippen molar-refractivity contribution in [2.45, 2.75) is 24.9 Å². The van der Waals surface area contributed by atoms with Gasteiger partial charge in [-0.15, -0.1) is 6.58 Å². The van der Waals surface area contributed by atoms with Crippen LogP contribution >= 0.6 is 0 Å². The van der Waals surface area contributed by atoms with Gasteiger partial charge in [-0.1, -0.05) is 18.2 Å². The fraction of sp³-hybridized carbons (Fsp3) is 0.294. The molecule has 3 aliphatic rings. The van der Waals surface area contributed by atoms with Gasteiger partial charge < -0.3 is 5.11 Å². The molecule has 20 heavy (non-hydrogen) atoms. The SMILES string of the molecule is C=CCC1(O)CCC=C2C=CC(=O)C=C3C=CN=CC231. The van der Waals surface area contributed by atoms with E-state index in [9.17, 15) is 9.90 Å². The molecule has 2 unspecified atom stereocenters. The van der Waals surface area contributed by atoms with Gasteiger partial charge in [-0.25, -0.2) is 0 Å². The molecule has 0 bridgehead atoms. The number of allylic oxidation sites excluding steroid dienone is 5. The largest absolute Gasteiger partial charge is 0.388 e. The molecule has 0 saturated carbocycles. The number of rotatable bonds is 2. The molecular formula is C17H17NO2. The number of carbonyl (C=O) groups is 1. The first-order chi connectivity index (χ1) is 9.62.